The molecule has 526 valence electrons. The summed E-state index contributed by atoms with van der Waals surface area (Å²) in [5.74, 6) is -11.3. The van der Waals surface area contributed by atoms with Gasteiger partial charge in [0.05, 0.1) is 18.8 Å². The second-order valence-electron chi connectivity index (χ2n) is 27.0. The molecule has 12 amide bonds. The van der Waals surface area contributed by atoms with E-state index >= 15 is 9.59 Å². The number of hydrogen-bond acceptors (Lipinski definition) is 15. The molecule has 27 nitrogen and oxygen atoms in total. The molecular weight excluding hydrogens is 1190 g/mol. The van der Waals surface area contributed by atoms with E-state index in [0.29, 0.717) is 5.06 Å². The third kappa shape index (κ3) is 23.7. The summed E-state index contributed by atoms with van der Waals surface area (Å²) in [6, 6.07) is -13.3. The molecule has 92 heavy (non-hydrogen) atoms. The first-order valence-electron chi connectivity index (χ1n) is 32.5. The molecular formula is C65H116N12O15. The van der Waals surface area contributed by atoms with Crippen LogP contribution in [0.15, 0.2) is 12.2 Å². The van der Waals surface area contributed by atoms with Gasteiger partial charge < -0.3 is 65.4 Å². The number of amides is 12. The SMILES string of the molecule is CC=CC[C@@H](C)[C@@H](O)[C@H]1C(=O)N[C@@H](CC)C(=O)N(C)CC(=O)N(C)[C@@H]([C@@H](C)OCCCC(=O)N(C)O)C(=O)N[C@@H](C(C)C)C(=O)N(C)[C@@H](CC(C)C)C(=O)N[C@@H](C)C(=O)N[C@H](C)C(=O)N(C)[C@@H](CC(C)C)C(=O)N(C)[C@@H](CC(C)C)C(=O)N(C)[C@@H](C(C)C)C(=O)N1C. The van der Waals surface area contributed by atoms with Crippen molar-refractivity contribution in [2.75, 3.05) is 69.5 Å². The maximum Gasteiger partial charge on any atom is 0.246 e. The van der Waals surface area contributed by atoms with Gasteiger partial charge in [0.25, 0.3) is 0 Å². The van der Waals surface area contributed by atoms with E-state index in [0.717, 1.165) is 14.7 Å². The van der Waals surface area contributed by atoms with E-state index in [1.54, 1.807) is 60.6 Å². The van der Waals surface area contributed by atoms with Gasteiger partial charge >= 0.3 is 0 Å². The Labute approximate surface area is 547 Å². The Morgan fingerprint density at radius 2 is 1.03 bits per heavy atom. The van der Waals surface area contributed by atoms with Gasteiger partial charge in [0.1, 0.15) is 60.4 Å². The highest BCUT2D eigenvalue weighted by atomic mass is 16.5. The fourth-order valence-electron chi connectivity index (χ4n) is 11.2. The van der Waals surface area contributed by atoms with Gasteiger partial charge in [0, 0.05) is 69.4 Å². The van der Waals surface area contributed by atoms with Gasteiger partial charge in [-0.05, 0) is 102 Å². The number of aliphatic hydroxyl groups is 1. The number of ether oxygens (including phenoxy) is 1. The summed E-state index contributed by atoms with van der Waals surface area (Å²) in [5, 5.41) is 33.0. The summed E-state index contributed by atoms with van der Waals surface area (Å²) >= 11 is 0. The summed E-state index contributed by atoms with van der Waals surface area (Å²) in [4.78, 5) is 182. The number of nitrogens with one attached hydrogen (secondary N) is 4. The number of carbonyl (C=O) groups is 12. The Hall–Kier alpha value is -6.74. The van der Waals surface area contributed by atoms with Crippen LogP contribution in [0.5, 0.6) is 0 Å². The zero-order valence-electron chi connectivity index (χ0n) is 59.7. The highest BCUT2D eigenvalue weighted by molar-refractivity contribution is 5.99. The Balaban J connectivity index is 4.40. The molecule has 0 saturated carbocycles. The van der Waals surface area contributed by atoms with Crippen molar-refractivity contribution in [1.82, 2.24) is 60.6 Å². The average Bonchev–Trinajstić information content (AvgIpc) is 0.841. The first kappa shape index (κ1) is 83.3. The number of hydrogen-bond donors (Lipinski definition) is 6. The quantitative estimate of drug-likeness (QED) is 0.0468. The van der Waals surface area contributed by atoms with Crippen molar-refractivity contribution in [1.29, 1.82) is 0 Å². The monoisotopic (exact) mass is 1300 g/mol. The van der Waals surface area contributed by atoms with Gasteiger partial charge in [-0.15, -0.1) is 0 Å². The molecule has 0 bridgehead atoms. The van der Waals surface area contributed by atoms with Crippen LogP contribution < -0.4 is 21.3 Å². The van der Waals surface area contributed by atoms with Crippen molar-refractivity contribution >= 4 is 70.9 Å². The van der Waals surface area contributed by atoms with Crippen molar-refractivity contribution in [2.45, 2.75) is 228 Å². The predicted molar refractivity (Wildman–Crippen MR) is 348 cm³/mol. The zero-order chi connectivity index (χ0) is 71.3. The maximum atomic E-state index is 15.2. The Morgan fingerprint density at radius 3 is 1.51 bits per heavy atom. The van der Waals surface area contributed by atoms with E-state index in [2.05, 4.69) is 21.3 Å². The molecule has 0 aromatic heterocycles. The minimum Gasteiger partial charge on any atom is -0.390 e. The molecule has 13 atom stereocenters. The van der Waals surface area contributed by atoms with Crippen molar-refractivity contribution in [3.05, 3.63) is 12.2 Å². The Morgan fingerprint density at radius 1 is 0.565 bits per heavy atom. The van der Waals surface area contributed by atoms with Crippen molar-refractivity contribution in [3.63, 3.8) is 0 Å². The number of allylic oxidation sites excluding steroid dienone is 2. The van der Waals surface area contributed by atoms with Crippen molar-refractivity contribution in [2.24, 2.45) is 35.5 Å². The van der Waals surface area contributed by atoms with Crippen LogP contribution in [0.2, 0.25) is 0 Å². The molecule has 1 rings (SSSR count). The normalized spacial score (nSPS) is 26.0. The lowest BCUT2D eigenvalue weighted by atomic mass is 9.91. The van der Waals surface area contributed by atoms with Crippen LogP contribution in [0.4, 0.5) is 0 Å². The molecule has 0 aromatic carbocycles. The first-order chi connectivity index (χ1) is 42.5. The van der Waals surface area contributed by atoms with Crippen molar-refractivity contribution < 1.29 is 72.6 Å². The third-order valence-electron chi connectivity index (χ3n) is 17.0. The summed E-state index contributed by atoms with van der Waals surface area (Å²) in [7, 11) is 10.8. The molecule has 0 aromatic rings. The van der Waals surface area contributed by atoms with Gasteiger partial charge in [-0.25, -0.2) is 5.06 Å². The number of aliphatic hydroxyl groups excluding tert-OH is 1. The number of carbonyl (C=O) groups excluding carboxylic acids is 12. The fraction of sp³-hybridized carbons (Fsp3) is 0.785. The largest absolute Gasteiger partial charge is 0.390 e. The van der Waals surface area contributed by atoms with Crippen LogP contribution in [0.3, 0.4) is 0 Å². The molecule has 1 aliphatic rings. The van der Waals surface area contributed by atoms with Crippen LogP contribution in [0.25, 0.3) is 0 Å². The lowest BCUT2D eigenvalue weighted by Gasteiger charge is -2.41. The molecule has 0 radical (unpaired) electrons. The minimum atomic E-state index is -1.66. The van der Waals surface area contributed by atoms with Gasteiger partial charge in [-0.2, -0.15) is 0 Å². The maximum absolute atomic E-state index is 15.2. The number of hydroxylamine groups is 2. The molecule has 1 fully saturated rings. The van der Waals surface area contributed by atoms with Gasteiger partial charge in [-0.1, -0.05) is 95.2 Å². The highest BCUT2D eigenvalue weighted by Gasteiger charge is 2.46. The van der Waals surface area contributed by atoms with Crippen LogP contribution in [0.1, 0.15) is 156 Å². The number of rotatable bonds is 19. The molecule has 0 spiro atoms. The summed E-state index contributed by atoms with van der Waals surface area (Å²) in [6.07, 6.45) is 1.41. The average molecular weight is 1310 g/mol. The Kier molecular flexibility index (Phi) is 34.8. The molecule has 6 N–H and O–H groups in total. The van der Waals surface area contributed by atoms with E-state index in [4.69, 9.17) is 4.74 Å². The van der Waals surface area contributed by atoms with Gasteiger partial charge in [0.15, 0.2) is 0 Å². The lowest BCUT2D eigenvalue weighted by molar-refractivity contribution is -0.160. The smallest absolute Gasteiger partial charge is 0.246 e. The standard InChI is InChI=1S/C65H116N12O15/c1-25-27-29-41(13)55(80)54-59(84)68-45(26-2)61(86)70(17)35-50(79)74(21)53(44(16)92-31-28-30-49(78)77(24)91)58(83)69-51(39(9)10)64(89)71(18)46(32-36(3)4)57(82)66-42(14)56(81)67-43(15)60(85)72(19)47(33-37(5)6)62(87)73(20)48(34-38(7)8)63(88)75(22)52(40(11)12)65(90)76(54)23/h25,27,36-48,51-55,80,91H,26,28-35H2,1-24H3,(H,66,82)(H,67,81)(H,68,84)(H,69,83)/t41-,42+,43-,44-,45+,46+,47+,48+,51+,52+,53+,54+,55-/m1/s1. The number of likely N-dealkylation sites (N-methyl/N-ethyl adjacent to an activating group) is 7. The van der Waals surface area contributed by atoms with Crippen molar-refractivity contribution in [3.8, 4) is 0 Å². The van der Waals surface area contributed by atoms with E-state index in [9.17, 15) is 58.3 Å². The highest BCUT2D eigenvalue weighted by Crippen LogP contribution is 2.26. The summed E-state index contributed by atoms with van der Waals surface area (Å²) < 4.78 is 6.05. The number of nitrogens with zero attached hydrogens (tertiary/aromatic N) is 8. The summed E-state index contributed by atoms with van der Waals surface area (Å²) in [5.41, 5.74) is 0. The van der Waals surface area contributed by atoms with Gasteiger partial charge in [0.2, 0.25) is 70.9 Å². The molecule has 1 saturated heterocycles. The topological polar surface area (TPSA) is 329 Å². The molecule has 0 aliphatic carbocycles. The minimum absolute atomic E-state index is 0.0405. The van der Waals surface area contributed by atoms with E-state index < -0.39 is 168 Å². The zero-order valence-corrected chi connectivity index (χ0v) is 59.7. The third-order valence-corrected chi connectivity index (χ3v) is 17.0. The van der Waals surface area contributed by atoms with Gasteiger partial charge in [-0.3, -0.25) is 62.7 Å². The predicted octanol–water partition coefficient (Wildman–Crippen LogP) is 2.26. The lowest BCUT2D eigenvalue weighted by Crippen LogP contribution is -2.63. The van der Waals surface area contributed by atoms with E-state index in [-0.39, 0.29) is 69.3 Å². The molecule has 1 heterocycles. The van der Waals surface area contributed by atoms with Crippen LogP contribution in [0, 0.1) is 35.5 Å². The van der Waals surface area contributed by atoms with E-state index in [1.807, 2.05) is 41.5 Å². The molecule has 27 heteroatoms. The van der Waals surface area contributed by atoms with Crippen LogP contribution in [-0.2, 0) is 62.3 Å². The Bertz CT molecular complexity index is 2540. The second-order valence-corrected chi connectivity index (χ2v) is 27.0. The molecule has 0 unspecified atom stereocenters. The summed E-state index contributed by atoms with van der Waals surface area (Å²) in [6.45, 7) is 26.4. The fourth-order valence-corrected chi connectivity index (χ4v) is 11.2. The first-order valence-corrected chi connectivity index (χ1v) is 32.5. The second kappa shape index (κ2) is 38.4. The van der Waals surface area contributed by atoms with Crippen LogP contribution in [-0.4, -0.2) is 263 Å². The molecule has 1 aliphatic heterocycles. The van der Waals surface area contributed by atoms with E-state index in [1.165, 1.54) is 96.8 Å². The van der Waals surface area contributed by atoms with Crippen LogP contribution >= 0.6 is 0 Å².